The molecule has 0 N–H and O–H groups in total. The Bertz CT molecular complexity index is 710. The van der Waals surface area contributed by atoms with Gasteiger partial charge in [0, 0.05) is 36.9 Å². The van der Waals surface area contributed by atoms with Gasteiger partial charge in [-0.1, -0.05) is 0 Å². The van der Waals surface area contributed by atoms with E-state index >= 15 is 0 Å². The van der Waals surface area contributed by atoms with E-state index in [4.69, 9.17) is 5.26 Å². The minimum absolute atomic E-state index is 0.503. The molecule has 0 aliphatic carbocycles. The summed E-state index contributed by atoms with van der Waals surface area (Å²) in [7, 11) is 0. The second-order valence-electron chi connectivity index (χ2n) is 6.18. The molecule has 2 aromatic rings. The Morgan fingerprint density at radius 1 is 1.27 bits per heavy atom. The number of aromatic nitrogens is 3. The summed E-state index contributed by atoms with van der Waals surface area (Å²) >= 11 is 1.61. The first kappa shape index (κ1) is 13.9. The molecular weight excluding hydrogens is 294 g/mol. The lowest BCUT2D eigenvalue weighted by atomic mass is 9.97. The maximum absolute atomic E-state index is 8.94. The number of hydrogen-bond donors (Lipinski definition) is 0. The molecule has 2 aromatic heterocycles. The van der Waals surface area contributed by atoms with Crippen LogP contribution in [0.1, 0.15) is 46.6 Å². The average Bonchev–Trinajstić information content (AvgIpc) is 3.23. The molecular formula is C16H19N5S. The molecule has 2 aliphatic heterocycles. The van der Waals surface area contributed by atoms with Crippen LogP contribution in [0.15, 0.2) is 12.1 Å². The molecule has 1 fully saturated rings. The number of nitrogens with zero attached hydrogens (tertiary/aromatic N) is 5. The Balaban J connectivity index is 1.46. The van der Waals surface area contributed by atoms with E-state index in [1.165, 1.54) is 35.8 Å². The molecule has 0 aromatic carbocycles. The van der Waals surface area contributed by atoms with Crippen LogP contribution in [-0.2, 0) is 19.5 Å². The molecule has 1 unspecified atom stereocenters. The van der Waals surface area contributed by atoms with Crippen molar-refractivity contribution in [3.63, 3.8) is 0 Å². The zero-order valence-electron chi connectivity index (χ0n) is 12.5. The summed E-state index contributed by atoms with van der Waals surface area (Å²) in [6, 6.07) is 6.23. The van der Waals surface area contributed by atoms with Crippen molar-refractivity contribution in [2.75, 3.05) is 13.1 Å². The van der Waals surface area contributed by atoms with Crippen molar-refractivity contribution in [2.45, 2.75) is 44.7 Å². The zero-order chi connectivity index (χ0) is 14.9. The Morgan fingerprint density at radius 2 is 2.23 bits per heavy atom. The smallest absolute Gasteiger partial charge is 0.137 e. The van der Waals surface area contributed by atoms with E-state index in [1.807, 2.05) is 6.07 Å². The van der Waals surface area contributed by atoms with Gasteiger partial charge >= 0.3 is 0 Å². The van der Waals surface area contributed by atoms with Crippen LogP contribution in [-0.4, -0.2) is 32.8 Å². The SMILES string of the molecule is N#Cc1ccc(CN2CCCC(c3nnc4n3CCC4)C2)s1. The number of thiophene rings is 1. The number of fused-ring (bicyclic) bond motifs is 1. The number of piperidine rings is 1. The second kappa shape index (κ2) is 5.82. The molecule has 0 spiro atoms. The Hall–Kier alpha value is -1.71. The van der Waals surface area contributed by atoms with Gasteiger partial charge in [-0.2, -0.15) is 5.26 Å². The third-order valence-corrected chi connectivity index (χ3v) is 5.63. The highest BCUT2D eigenvalue weighted by Gasteiger charge is 2.28. The van der Waals surface area contributed by atoms with E-state index in [1.54, 1.807) is 11.3 Å². The number of nitriles is 1. The van der Waals surface area contributed by atoms with Crippen molar-refractivity contribution >= 4 is 11.3 Å². The van der Waals surface area contributed by atoms with Gasteiger partial charge in [0.15, 0.2) is 0 Å². The standard InChI is InChI=1S/C16H19N5S/c17-9-13-5-6-14(22-13)11-20-7-1-3-12(10-20)16-19-18-15-4-2-8-21(15)16/h5-6,12H,1-4,7-8,10-11H2. The molecule has 1 atom stereocenters. The van der Waals surface area contributed by atoms with Gasteiger partial charge in [0.05, 0.1) is 0 Å². The van der Waals surface area contributed by atoms with Gasteiger partial charge in [-0.3, -0.25) is 4.90 Å². The molecule has 1 saturated heterocycles. The van der Waals surface area contributed by atoms with Crippen molar-refractivity contribution in [2.24, 2.45) is 0 Å². The van der Waals surface area contributed by atoms with E-state index in [9.17, 15) is 0 Å². The first-order valence-electron chi connectivity index (χ1n) is 7.96. The van der Waals surface area contributed by atoms with Gasteiger partial charge in [-0.25, -0.2) is 0 Å². The highest BCUT2D eigenvalue weighted by molar-refractivity contribution is 7.12. The van der Waals surface area contributed by atoms with Crippen molar-refractivity contribution in [3.05, 3.63) is 33.5 Å². The molecule has 114 valence electrons. The molecule has 2 aliphatic rings. The van der Waals surface area contributed by atoms with Crippen LogP contribution in [0, 0.1) is 11.3 Å². The fraction of sp³-hybridized carbons (Fsp3) is 0.562. The summed E-state index contributed by atoms with van der Waals surface area (Å²) in [5, 5.41) is 17.8. The van der Waals surface area contributed by atoms with Crippen molar-refractivity contribution in [1.82, 2.24) is 19.7 Å². The molecule has 0 amide bonds. The molecule has 4 rings (SSSR count). The van der Waals surface area contributed by atoms with Crippen molar-refractivity contribution in [1.29, 1.82) is 5.26 Å². The quantitative estimate of drug-likeness (QED) is 0.874. The van der Waals surface area contributed by atoms with Crippen LogP contribution in [0.5, 0.6) is 0 Å². The van der Waals surface area contributed by atoms with Gasteiger partial charge in [0.2, 0.25) is 0 Å². The maximum atomic E-state index is 8.94. The molecule has 0 bridgehead atoms. The predicted molar refractivity (Wildman–Crippen MR) is 84.6 cm³/mol. The normalized spacial score (nSPS) is 21.7. The van der Waals surface area contributed by atoms with E-state index in [0.29, 0.717) is 5.92 Å². The minimum atomic E-state index is 0.503. The highest BCUT2D eigenvalue weighted by atomic mass is 32.1. The van der Waals surface area contributed by atoms with E-state index in [-0.39, 0.29) is 0 Å². The summed E-state index contributed by atoms with van der Waals surface area (Å²) in [5.74, 6) is 2.87. The first-order chi connectivity index (χ1) is 10.8. The summed E-state index contributed by atoms with van der Waals surface area (Å²) < 4.78 is 2.34. The fourth-order valence-corrected chi connectivity index (χ4v) is 4.48. The number of hydrogen-bond acceptors (Lipinski definition) is 5. The van der Waals surface area contributed by atoms with Crippen LogP contribution in [0.25, 0.3) is 0 Å². The molecule has 0 radical (unpaired) electrons. The Morgan fingerprint density at radius 3 is 3.09 bits per heavy atom. The van der Waals surface area contributed by atoms with Gasteiger partial charge in [0.1, 0.15) is 22.6 Å². The average molecular weight is 313 g/mol. The summed E-state index contributed by atoms with van der Waals surface area (Å²) in [5.41, 5.74) is 0. The van der Waals surface area contributed by atoms with Gasteiger partial charge in [0.25, 0.3) is 0 Å². The summed E-state index contributed by atoms with van der Waals surface area (Å²) in [6.07, 6.45) is 4.71. The number of likely N-dealkylation sites (tertiary alicyclic amines) is 1. The van der Waals surface area contributed by atoms with Crippen LogP contribution in [0.3, 0.4) is 0 Å². The molecule has 5 nitrogen and oxygen atoms in total. The zero-order valence-corrected chi connectivity index (χ0v) is 13.3. The second-order valence-corrected chi connectivity index (χ2v) is 7.35. The van der Waals surface area contributed by atoms with Crippen LogP contribution >= 0.6 is 11.3 Å². The van der Waals surface area contributed by atoms with E-state index in [0.717, 1.165) is 37.5 Å². The van der Waals surface area contributed by atoms with Crippen LogP contribution in [0.4, 0.5) is 0 Å². The summed E-state index contributed by atoms with van der Waals surface area (Å²) in [6.45, 7) is 4.23. The summed E-state index contributed by atoms with van der Waals surface area (Å²) in [4.78, 5) is 4.58. The Kier molecular flexibility index (Phi) is 3.68. The molecule has 0 saturated carbocycles. The monoisotopic (exact) mass is 313 g/mol. The first-order valence-corrected chi connectivity index (χ1v) is 8.78. The maximum Gasteiger partial charge on any atom is 0.137 e. The van der Waals surface area contributed by atoms with Crippen LogP contribution in [0.2, 0.25) is 0 Å². The number of rotatable bonds is 3. The van der Waals surface area contributed by atoms with Gasteiger partial charge < -0.3 is 4.57 Å². The lowest BCUT2D eigenvalue weighted by molar-refractivity contribution is 0.196. The number of aryl methyl sites for hydroxylation is 1. The van der Waals surface area contributed by atoms with E-state index < -0.39 is 0 Å². The van der Waals surface area contributed by atoms with Gasteiger partial charge in [-0.15, -0.1) is 21.5 Å². The molecule has 22 heavy (non-hydrogen) atoms. The Labute approximate surface area is 134 Å². The lowest BCUT2D eigenvalue weighted by Gasteiger charge is -2.31. The largest absolute Gasteiger partial charge is 0.315 e. The van der Waals surface area contributed by atoms with Crippen LogP contribution < -0.4 is 0 Å². The van der Waals surface area contributed by atoms with Crippen molar-refractivity contribution in [3.8, 4) is 6.07 Å². The molecule has 6 heteroatoms. The third-order valence-electron chi connectivity index (χ3n) is 4.66. The predicted octanol–water partition coefficient (Wildman–Crippen LogP) is 2.54. The molecule has 4 heterocycles. The third kappa shape index (κ3) is 2.55. The lowest BCUT2D eigenvalue weighted by Crippen LogP contribution is -2.34. The van der Waals surface area contributed by atoms with Gasteiger partial charge in [-0.05, 0) is 37.9 Å². The van der Waals surface area contributed by atoms with E-state index in [2.05, 4.69) is 31.8 Å². The fourth-order valence-electron chi connectivity index (χ4n) is 3.63. The van der Waals surface area contributed by atoms with Crippen molar-refractivity contribution < 1.29 is 0 Å². The highest BCUT2D eigenvalue weighted by Crippen LogP contribution is 2.29. The topological polar surface area (TPSA) is 57.7 Å². The minimum Gasteiger partial charge on any atom is -0.315 e.